The van der Waals surface area contributed by atoms with Gasteiger partial charge in [-0.1, -0.05) is 11.6 Å². The molecule has 152 valence electrons. The van der Waals surface area contributed by atoms with Gasteiger partial charge in [0.2, 0.25) is 5.91 Å². The monoisotopic (exact) mass is 455 g/mol. The van der Waals surface area contributed by atoms with Gasteiger partial charge in [0.1, 0.15) is 0 Å². The Morgan fingerprint density at radius 3 is 2.52 bits per heavy atom. The summed E-state index contributed by atoms with van der Waals surface area (Å²) in [6.07, 6.45) is 0. The number of nitro groups is 1. The molecule has 0 radical (unpaired) electrons. The highest BCUT2D eigenvalue weighted by atomic mass is 35.5. The van der Waals surface area contributed by atoms with Crippen LogP contribution >= 0.6 is 23.4 Å². The van der Waals surface area contributed by atoms with E-state index < -0.39 is 31.8 Å². The molecule has 3 rings (SSSR count). The Balaban J connectivity index is 1.58. The first-order valence-corrected chi connectivity index (χ1v) is 11.2. The number of non-ortho nitro benzene ring substituents is 1. The van der Waals surface area contributed by atoms with Gasteiger partial charge >= 0.3 is 0 Å². The van der Waals surface area contributed by atoms with E-state index >= 15 is 0 Å². The summed E-state index contributed by atoms with van der Waals surface area (Å²) in [6, 6.07) is 9.75. The molecule has 0 aromatic heterocycles. The van der Waals surface area contributed by atoms with Crippen molar-refractivity contribution in [2.45, 2.75) is 10.1 Å². The van der Waals surface area contributed by atoms with E-state index in [4.69, 9.17) is 11.6 Å². The van der Waals surface area contributed by atoms with Crippen LogP contribution < -0.4 is 10.9 Å². The number of nitro benzene ring substituents is 1. The minimum atomic E-state index is -3.66. The third-order valence-corrected chi connectivity index (χ3v) is 7.61. The maximum absolute atomic E-state index is 12.3. The molecule has 2 N–H and O–H groups in total. The van der Waals surface area contributed by atoms with Crippen molar-refractivity contribution in [1.29, 1.82) is 0 Å². The van der Waals surface area contributed by atoms with Gasteiger partial charge in [-0.05, 0) is 35.9 Å². The summed E-state index contributed by atoms with van der Waals surface area (Å²) in [6.45, 7) is 0. The molecule has 1 aliphatic rings. The molecule has 1 aliphatic heterocycles. The van der Waals surface area contributed by atoms with Crippen molar-refractivity contribution in [3.05, 3.63) is 68.7 Å². The van der Waals surface area contributed by atoms with Gasteiger partial charge < -0.3 is 0 Å². The summed E-state index contributed by atoms with van der Waals surface area (Å²) in [7, 11) is -3.66. The van der Waals surface area contributed by atoms with E-state index in [1.807, 2.05) is 0 Å². The first-order valence-electron chi connectivity index (χ1n) is 8.15. The summed E-state index contributed by atoms with van der Waals surface area (Å²) in [5.41, 5.74) is 4.95. The maximum atomic E-state index is 12.3. The number of halogens is 1. The van der Waals surface area contributed by atoms with Crippen molar-refractivity contribution >= 4 is 50.7 Å². The van der Waals surface area contributed by atoms with Crippen LogP contribution in [0.5, 0.6) is 0 Å². The van der Waals surface area contributed by atoms with Crippen LogP contribution in [0, 0.1) is 10.1 Å². The molecule has 29 heavy (non-hydrogen) atoms. The van der Waals surface area contributed by atoms with Crippen LogP contribution in [0.25, 0.3) is 0 Å². The highest BCUT2D eigenvalue weighted by Gasteiger charge is 2.36. The first kappa shape index (κ1) is 21.1. The van der Waals surface area contributed by atoms with E-state index in [1.54, 1.807) is 0 Å². The number of benzene rings is 2. The number of amides is 2. The van der Waals surface area contributed by atoms with E-state index in [9.17, 15) is 28.1 Å². The highest BCUT2D eigenvalue weighted by Crippen LogP contribution is 2.43. The summed E-state index contributed by atoms with van der Waals surface area (Å²) in [5.74, 6) is -1.41. The van der Waals surface area contributed by atoms with Gasteiger partial charge in [-0.25, -0.2) is 8.42 Å². The van der Waals surface area contributed by atoms with Crippen LogP contribution in [0.15, 0.2) is 47.4 Å². The molecule has 2 aromatic rings. The van der Waals surface area contributed by atoms with Gasteiger partial charge in [0.15, 0.2) is 9.84 Å². The Morgan fingerprint density at radius 1 is 1.17 bits per heavy atom. The lowest BCUT2D eigenvalue weighted by Crippen LogP contribution is -2.42. The molecule has 1 heterocycles. The third kappa shape index (κ3) is 4.86. The standard InChI is InChI=1S/C17H14ClN3O6S2/c18-11-3-1-10(2-4-11)17(23)20-19-16(22)8-28-14-9-29(26,27)15-7-12(21(24)25)5-6-13(14)15/h1-7,14H,8-9H2,(H,19,22)(H,20,23)/t14-/m0/s1. The van der Waals surface area contributed by atoms with Crippen molar-refractivity contribution in [1.82, 2.24) is 10.9 Å². The predicted octanol–water partition coefficient (Wildman–Crippen LogP) is 2.27. The smallest absolute Gasteiger partial charge is 0.270 e. The summed E-state index contributed by atoms with van der Waals surface area (Å²) in [5, 5.41) is 10.8. The van der Waals surface area contributed by atoms with Gasteiger partial charge in [-0.3, -0.25) is 30.6 Å². The lowest BCUT2D eigenvalue weighted by molar-refractivity contribution is -0.385. The minimum Gasteiger partial charge on any atom is -0.272 e. The number of fused-ring (bicyclic) bond motifs is 1. The van der Waals surface area contributed by atoms with Crippen molar-refractivity contribution < 1.29 is 22.9 Å². The van der Waals surface area contributed by atoms with Gasteiger partial charge in [-0.15, -0.1) is 11.8 Å². The van der Waals surface area contributed by atoms with E-state index in [-0.39, 0.29) is 22.1 Å². The number of hydrogen-bond donors (Lipinski definition) is 2. The number of sulfone groups is 1. The molecule has 0 spiro atoms. The van der Waals surface area contributed by atoms with Gasteiger partial charge in [0.25, 0.3) is 11.6 Å². The SMILES string of the molecule is O=C(CS[C@H]1CS(=O)(=O)c2cc([N+](=O)[O-])ccc21)NNC(=O)c1ccc(Cl)cc1. The van der Waals surface area contributed by atoms with Crippen LogP contribution in [0.2, 0.25) is 5.02 Å². The molecule has 12 heteroatoms. The zero-order chi connectivity index (χ0) is 21.2. The molecule has 0 unspecified atom stereocenters. The molecule has 2 aromatic carbocycles. The molecular weight excluding hydrogens is 442 g/mol. The molecule has 2 amide bonds. The van der Waals surface area contributed by atoms with E-state index in [0.717, 1.165) is 17.8 Å². The Labute approximate surface area is 174 Å². The second-order valence-electron chi connectivity index (χ2n) is 6.07. The molecular formula is C17H14ClN3O6S2. The Hall–Kier alpha value is -2.63. The average Bonchev–Trinajstić information content (AvgIpc) is 2.94. The molecule has 0 bridgehead atoms. The number of hydrazine groups is 1. The Kier molecular flexibility index (Phi) is 6.10. The van der Waals surface area contributed by atoms with Crippen LogP contribution in [-0.2, 0) is 14.6 Å². The van der Waals surface area contributed by atoms with Crippen molar-refractivity contribution in [3.63, 3.8) is 0 Å². The maximum Gasteiger partial charge on any atom is 0.270 e. The number of nitrogens with zero attached hydrogens (tertiary/aromatic N) is 1. The normalized spacial score (nSPS) is 16.7. The molecule has 0 saturated carbocycles. The first-order chi connectivity index (χ1) is 13.7. The zero-order valence-electron chi connectivity index (χ0n) is 14.6. The van der Waals surface area contributed by atoms with Crippen LogP contribution in [0.1, 0.15) is 21.2 Å². The summed E-state index contributed by atoms with van der Waals surface area (Å²) >= 11 is 6.82. The lowest BCUT2D eigenvalue weighted by Gasteiger charge is -2.11. The fourth-order valence-electron chi connectivity index (χ4n) is 2.70. The quantitative estimate of drug-likeness (QED) is 0.521. The molecule has 1 atom stereocenters. The molecule has 0 aliphatic carbocycles. The third-order valence-electron chi connectivity index (χ3n) is 4.10. The van der Waals surface area contributed by atoms with Crippen molar-refractivity contribution in [3.8, 4) is 0 Å². The summed E-state index contributed by atoms with van der Waals surface area (Å²) < 4.78 is 24.6. The van der Waals surface area contributed by atoms with Gasteiger partial charge in [0.05, 0.1) is 21.3 Å². The van der Waals surface area contributed by atoms with Gasteiger partial charge in [-0.2, -0.15) is 0 Å². The highest BCUT2D eigenvalue weighted by molar-refractivity contribution is 8.02. The van der Waals surface area contributed by atoms with E-state index in [0.29, 0.717) is 16.1 Å². The molecule has 9 nitrogen and oxygen atoms in total. The molecule has 0 saturated heterocycles. The second-order valence-corrected chi connectivity index (χ2v) is 9.70. The topological polar surface area (TPSA) is 135 Å². The fourth-order valence-corrected chi connectivity index (χ4v) is 6.26. The summed E-state index contributed by atoms with van der Waals surface area (Å²) in [4.78, 5) is 34.1. The predicted molar refractivity (Wildman–Crippen MR) is 107 cm³/mol. The number of rotatable bonds is 5. The van der Waals surface area contributed by atoms with Crippen LogP contribution in [0.3, 0.4) is 0 Å². The zero-order valence-corrected chi connectivity index (χ0v) is 17.0. The Morgan fingerprint density at radius 2 is 1.86 bits per heavy atom. The number of carbonyl (C=O) groups excluding carboxylic acids is 2. The number of hydrogen-bond acceptors (Lipinski definition) is 7. The van der Waals surface area contributed by atoms with E-state index in [1.165, 1.54) is 36.4 Å². The fraction of sp³-hybridized carbons (Fsp3) is 0.176. The average molecular weight is 456 g/mol. The number of carbonyl (C=O) groups is 2. The number of nitrogens with one attached hydrogen (secondary N) is 2. The largest absolute Gasteiger partial charge is 0.272 e. The Bertz CT molecular complexity index is 1090. The van der Waals surface area contributed by atoms with Crippen molar-refractivity contribution in [2.24, 2.45) is 0 Å². The second kappa shape index (κ2) is 8.39. The van der Waals surface area contributed by atoms with Crippen LogP contribution in [0.4, 0.5) is 5.69 Å². The lowest BCUT2D eigenvalue weighted by atomic mass is 10.1. The minimum absolute atomic E-state index is 0.0827. The number of thioether (sulfide) groups is 1. The van der Waals surface area contributed by atoms with Crippen LogP contribution in [-0.4, -0.2) is 36.7 Å². The van der Waals surface area contributed by atoms with E-state index in [2.05, 4.69) is 10.9 Å². The molecule has 0 fully saturated rings. The van der Waals surface area contributed by atoms with Crippen molar-refractivity contribution in [2.75, 3.05) is 11.5 Å². The van der Waals surface area contributed by atoms with Gasteiger partial charge in [0, 0.05) is 28.0 Å².